The van der Waals surface area contributed by atoms with Gasteiger partial charge in [-0.3, -0.25) is 0 Å². The predicted molar refractivity (Wildman–Crippen MR) is 102 cm³/mol. The van der Waals surface area contributed by atoms with Crippen molar-refractivity contribution in [2.24, 2.45) is 0 Å². The highest BCUT2D eigenvalue weighted by Crippen LogP contribution is 2.28. The number of hydrogen-bond donors (Lipinski definition) is 1. The van der Waals surface area contributed by atoms with Gasteiger partial charge in [0, 0.05) is 27.0 Å². The Morgan fingerprint density at radius 2 is 1.62 bits per heavy atom. The van der Waals surface area contributed by atoms with Crippen LogP contribution < -0.4 is 5.73 Å². The van der Waals surface area contributed by atoms with Crippen LogP contribution in [0.5, 0.6) is 0 Å². The summed E-state index contributed by atoms with van der Waals surface area (Å²) in [6.45, 7) is 0. The molecule has 0 saturated carbocycles. The topological polar surface area (TPSA) is 56.7 Å². The first-order valence-corrected chi connectivity index (χ1v) is 9.01. The number of nitrogens with two attached hydrogens (primary N) is 1. The maximum Gasteiger partial charge on any atom is 0.212 e. The third kappa shape index (κ3) is 2.86. The summed E-state index contributed by atoms with van der Waals surface area (Å²) in [6, 6.07) is 19.9. The zero-order valence-corrected chi connectivity index (χ0v) is 15.0. The zero-order chi connectivity index (χ0) is 16.5. The Bertz CT molecular complexity index is 974. The number of anilines is 1. The number of aromatic nitrogens is 3. The van der Waals surface area contributed by atoms with Gasteiger partial charge in [-0.25, -0.2) is 4.98 Å². The van der Waals surface area contributed by atoms with E-state index in [0.29, 0.717) is 5.82 Å². The van der Waals surface area contributed by atoms with Gasteiger partial charge in [0.1, 0.15) is 5.82 Å². The van der Waals surface area contributed by atoms with Gasteiger partial charge < -0.3 is 5.73 Å². The summed E-state index contributed by atoms with van der Waals surface area (Å²) in [5, 5.41) is 7.39. The van der Waals surface area contributed by atoms with E-state index in [0.717, 1.165) is 32.1 Å². The smallest absolute Gasteiger partial charge is 0.212 e. The molecule has 0 aliphatic rings. The molecule has 4 aromatic rings. The average Bonchev–Trinajstić information content (AvgIpc) is 3.23. The molecule has 0 saturated heterocycles. The highest BCUT2D eigenvalue weighted by Gasteiger charge is 2.12. The molecule has 24 heavy (non-hydrogen) atoms. The first-order valence-electron chi connectivity index (χ1n) is 7.33. The van der Waals surface area contributed by atoms with Gasteiger partial charge in [0.2, 0.25) is 5.13 Å². The van der Waals surface area contributed by atoms with Gasteiger partial charge >= 0.3 is 0 Å². The van der Waals surface area contributed by atoms with Crippen molar-refractivity contribution in [3.8, 4) is 27.6 Å². The molecule has 2 N–H and O–H groups in total. The van der Waals surface area contributed by atoms with E-state index in [4.69, 9.17) is 5.73 Å². The van der Waals surface area contributed by atoms with Gasteiger partial charge in [0.25, 0.3) is 0 Å². The molecule has 118 valence electrons. The van der Waals surface area contributed by atoms with Crippen LogP contribution in [-0.4, -0.2) is 14.8 Å². The summed E-state index contributed by atoms with van der Waals surface area (Å²) in [5.74, 6) is 0.571. The van der Waals surface area contributed by atoms with Gasteiger partial charge in [0.15, 0.2) is 0 Å². The minimum atomic E-state index is 0.571. The van der Waals surface area contributed by atoms with E-state index in [1.165, 1.54) is 11.3 Å². The number of nitrogens with zero attached hydrogens (tertiary/aromatic N) is 3. The van der Waals surface area contributed by atoms with Crippen LogP contribution in [0, 0.1) is 0 Å². The van der Waals surface area contributed by atoms with Crippen molar-refractivity contribution in [2.45, 2.75) is 0 Å². The van der Waals surface area contributed by atoms with Crippen LogP contribution in [0.15, 0.2) is 70.5 Å². The fourth-order valence-corrected chi connectivity index (χ4v) is 3.48. The molecule has 4 nitrogen and oxygen atoms in total. The van der Waals surface area contributed by atoms with E-state index in [9.17, 15) is 0 Å². The minimum absolute atomic E-state index is 0.571. The molecule has 0 spiro atoms. The summed E-state index contributed by atoms with van der Waals surface area (Å²) in [5.41, 5.74) is 10.0. The lowest BCUT2D eigenvalue weighted by Gasteiger charge is -1.99. The van der Waals surface area contributed by atoms with Crippen LogP contribution in [0.4, 0.5) is 5.82 Å². The van der Waals surface area contributed by atoms with E-state index in [1.54, 1.807) is 4.68 Å². The molecule has 0 aliphatic carbocycles. The largest absolute Gasteiger partial charge is 0.383 e. The van der Waals surface area contributed by atoms with E-state index in [1.807, 2.05) is 66.0 Å². The Balaban J connectivity index is 1.70. The number of thiazole rings is 1. The van der Waals surface area contributed by atoms with E-state index >= 15 is 0 Å². The number of benzene rings is 2. The van der Waals surface area contributed by atoms with E-state index in [2.05, 4.69) is 26.0 Å². The third-order valence-corrected chi connectivity index (χ3v) is 4.96. The van der Waals surface area contributed by atoms with Gasteiger partial charge in [0.05, 0.1) is 11.4 Å². The Labute approximate surface area is 151 Å². The first-order chi connectivity index (χ1) is 11.7. The van der Waals surface area contributed by atoms with Gasteiger partial charge in [-0.1, -0.05) is 58.4 Å². The maximum atomic E-state index is 6.15. The summed E-state index contributed by atoms with van der Waals surface area (Å²) in [7, 11) is 0. The molecule has 0 bridgehead atoms. The summed E-state index contributed by atoms with van der Waals surface area (Å²) in [4.78, 5) is 4.66. The van der Waals surface area contributed by atoms with E-state index < -0.39 is 0 Å². The second kappa shape index (κ2) is 6.22. The van der Waals surface area contributed by atoms with Crippen LogP contribution in [0.2, 0.25) is 0 Å². The molecule has 6 heteroatoms. The lowest BCUT2D eigenvalue weighted by Crippen LogP contribution is -2.01. The van der Waals surface area contributed by atoms with Crippen molar-refractivity contribution in [2.75, 3.05) is 5.73 Å². The van der Waals surface area contributed by atoms with Gasteiger partial charge in [-0.2, -0.15) is 9.78 Å². The molecule has 4 rings (SSSR count). The second-order valence-electron chi connectivity index (χ2n) is 5.25. The predicted octanol–water partition coefficient (Wildman–Crippen LogP) is 5.01. The molecule has 2 heterocycles. The van der Waals surface area contributed by atoms with E-state index in [-0.39, 0.29) is 0 Å². The Kier molecular flexibility index (Phi) is 3.92. The highest BCUT2D eigenvalue weighted by atomic mass is 79.9. The Morgan fingerprint density at radius 1 is 0.917 bits per heavy atom. The van der Waals surface area contributed by atoms with Crippen molar-refractivity contribution in [1.29, 1.82) is 0 Å². The number of hydrogen-bond acceptors (Lipinski definition) is 4. The van der Waals surface area contributed by atoms with Crippen LogP contribution in [0.1, 0.15) is 0 Å². The third-order valence-electron chi connectivity index (χ3n) is 3.62. The molecule has 0 atom stereocenters. The van der Waals surface area contributed by atoms with Crippen molar-refractivity contribution in [3.05, 3.63) is 70.5 Å². The summed E-state index contributed by atoms with van der Waals surface area (Å²) >= 11 is 4.97. The molecule has 0 fully saturated rings. The van der Waals surface area contributed by atoms with Crippen molar-refractivity contribution in [1.82, 2.24) is 14.8 Å². The SMILES string of the molecule is Nc1cc(-c2ccc(Br)cc2)nn1-c1nc(-c2ccccc2)cs1. The molecule has 0 amide bonds. The lowest BCUT2D eigenvalue weighted by atomic mass is 10.2. The summed E-state index contributed by atoms with van der Waals surface area (Å²) in [6.07, 6.45) is 0. The van der Waals surface area contributed by atoms with Crippen LogP contribution in [-0.2, 0) is 0 Å². The van der Waals surface area contributed by atoms with Gasteiger partial charge in [-0.05, 0) is 12.1 Å². The molecule has 0 radical (unpaired) electrons. The zero-order valence-electron chi connectivity index (χ0n) is 12.6. The molecule has 2 aromatic heterocycles. The number of halogens is 1. The standard InChI is InChI=1S/C18H13BrN4S/c19-14-8-6-13(7-9-14)15-10-17(20)23(22-15)18-21-16(11-24-18)12-4-2-1-3-5-12/h1-11H,20H2. The fourth-order valence-electron chi connectivity index (χ4n) is 2.41. The maximum absolute atomic E-state index is 6.15. The van der Waals surface area contributed by atoms with Crippen molar-refractivity contribution >= 4 is 33.1 Å². The number of rotatable bonds is 3. The quantitative estimate of drug-likeness (QED) is 0.529. The Morgan fingerprint density at radius 3 is 2.38 bits per heavy atom. The first kappa shape index (κ1) is 15.1. The minimum Gasteiger partial charge on any atom is -0.383 e. The van der Waals surface area contributed by atoms with Crippen molar-refractivity contribution in [3.63, 3.8) is 0 Å². The molecular weight excluding hydrogens is 384 g/mol. The molecule has 0 aliphatic heterocycles. The van der Waals surface area contributed by atoms with Crippen LogP contribution in [0.25, 0.3) is 27.6 Å². The molecule has 0 unspecified atom stereocenters. The normalized spacial score (nSPS) is 10.9. The van der Waals surface area contributed by atoms with Gasteiger partial charge in [-0.15, -0.1) is 11.3 Å². The van der Waals surface area contributed by atoms with Crippen molar-refractivity contribution < 1.29 is 0 Å². The number of nitrogen functional groups attached to an aromatic ring is 1. The molecular formula is C18H13BrN4S. The second-order valence-corrected chi connectivity index (χ2v) is 7.01. The fraction of sp³-hybridized carbons (Fsp3) is 0. The van der Waals surface area contributed by atoms with Crippen LogP contribution in [0.3, 0.4) is 0 Å². The lowest BCUT2D eigenvalue weighted by molar-refractivity contribution is 0.884. The monoisotopic (exact) mass is 396 g/mol. The highest BCUT2D eigenvalue weighted by molar-refractivity contribution is 9.10. The average molecular weight is 397 g/mol. The Hall–Kier alpha value is -2.44. The molecule has 2 aromatic carbocycles. The van der Waals surface area contributed by atoms with Crippen LogP contribution >= 0.6 is 27.3 Å². The summed E-state index contributed by atoms with van der Waals surface area (Å²) < 4.78 is 2.72.